The standard InChI is InChI=1S/C17H19F3N2O2/c1-2-15(23)21-12-9-7-11(8-10-12)16(24)22-14-6-4-3-5-13(14)17(18,19)20/h2,7-10,13-14H,1,3-6H2,(H,21,23)(H,22,24)/t13-,14+/m1/s1. The molecule has 0 unspecified atom stereocenters. The Hall–Kier alpha value is -2.31. The molecule has 2 amide bonds. The summed E-state index contributed by atoms with van der Waals surface area (Å²) >= 11 is 0. The maximum atomic E-state index is 13.1. The van der Waals surface area contributed by atoms with Crippen LogP contribution >= 0.6 is 0 Å². The van der Waals surface area contributed by atoms with Gasteiger partial charge in [0.15, 0.2) is 0 Å². The third kappa shape index (κ3) is 4.59. The Morgan fingerprint density at radius 1 is 1.12 bits per heavy atom. The van der Waals surface area contributed by atoms with Crippen molar-refractivity contribution in [3.8, 4) is 0 Å². The number of alkyl halides is 3. The molecule has 1 fully saturated rings. The molecule has 2 rings (SSSR count). The van der Waals surface area contributed by atoms with Gasteiger partial charge < -0.3 is 10.6 Å². The highest BCUT2D eigenvalue weighted by atomic mass is 19.4. The molecule has 130 valence electrons. The number of hydrogen-bond donors (Lipinski definition) is 2. The zero-order valence-corrected chi connectivity index (χ0v) is 13.0. The molecule has 1 aromatic rings. The maximum Gasteiger partial charge on any atom is 0.393 e. The molecule has 1 aromatic carbocycles. The van der Waals surface area contributed by atoms with Crippen LogP contribution in [0.1, 0.15) is 36.0 Å². The van der Waals surface area contributed by atoms with Crippen LogP contribution in [0.25, 0.3) is 0 Å². The lowest BCUT2D eigenvalue weighted by Crippen LogP contribution is -2.47. The van der Waals surface area contributed by atoms with Crippen molar-refractivity contribution in [3.05, 3.63) is 42.5 Å². The highest BCUT2D eigenvalue weighted by Crippen LogP contribution is 2.37. The third-order valence-corrected chi connectivity index (χ3v) is 4.10. The number of halogens is 3. The van der Waals surface area contributed by atoms with Crippen molar-refractivity contribution in [1.82, 2.24) is 5.32 Å². The summed E-state index contributed by atoms with van der Waals surface area (Å²) in [6, 6.07) is 5.04. The summed E-state index contributed by atoms with van der Waals surface area (Å²) in [4.78, 5) is 23.4. The fourth-order valence-electron chi connectivity index (χ4n) is 2.85. The molecule has 0 heterocycles. The lowest BCUT2D eigenvalue weighted by atomic mass is 9.84. The second-order valence-electron chi connectivity index (χ2n) is 5.78. The van der Waals surface area contributed by atoms with E-state index in [-0.39, 0.29) is 17.9 Å². The van der Waals surface area contributed by atoms with Crippen molar-refractivity contribution in [3.63, 3.8) is 0 Å². The maximum absolute atomic E-state index is 13.1. The van der Waals surface area contributed by atoms with Gasteiger partial charge in [0.2, 0.25) is 5.91 Å². The van der Waals surface area contributed by atoms with Crippen LogP contribution in [0.2, 0.25) is 0 Å². The molecule has 1 aliphatic carbocycles. The molecule has 2 atom stereocenters. The van der Waals surface area contributed by atoms with Crippen LogP contribution in [0.5, 0.6) is 0 Å². The van der Waals surface area contributed by atoms with Gasteiger partial charge in [0.25, 0.3) is 5.91 Å². The minimum absolute atomic E-state index is 0.0426. The minimum Gasteiger partial charge on any atom is -0.349 e. The Kier molecular flexibility index (Phi) is 5.64. The second-order valence-corrected chi connectivity index (χ2v) is 5.78. The normalized spacial score (nSPS) is 21.0. The van der Waals surface area contributed by atoms with E-state index in [4.69, 9.17) is 0 Å². The topological polar surface area (TPSA) is 58.2 Å². The summed E-state index contributed by atoms with van der Waals surface area (Å²) in [6.07, 6.45) is -1.64. The Balaban J connectivity index is 2.03. The van der Waals surface area contributed by atoms with Crippen molar-refractivity contribution in [2.45, 2.75) is 37.9 Å². The molecule has 1 saturated carbocycles. The third-order valence-electron chi connectivity index (χ3n) is 4.10. The van der Waals surface area contributed by atoms with Crippen molar-refractivity contribution in [2.75, 3.05) is 5.32 Å². The Morgan fingerprint density at radius 2 is 1.75 bits per heavy atom. The Labute approximate surface area is 138 Å². The molecule has 24 heavy (non-hydrogen) atoms. The van der Waals surface area contributed by atoms with E-state index in [0.29, 0.717) is 24.9 Å². The fraction of sp³-hybridized carbons (Fsp3) is 0.412. The van der Waals surface area contributed by atoms with E-state index < -0.39 is 24.0 Å². The van der Waals surface area contributed by atoms with Crippen LogP contribution in [-0.2, 0) is 4.79 Å². The van der Waals surface area contributed by atoms with E-state index >= 15 is 0 Å². The molecule has 4 nitrogen and oxygen atoms in total. The number of nitrogens with one attached hydrogen (secondary N) is 2. The number of anilines is 1. The smallest absolute Gasteiger partial charge is 0.349 e. The van der Waals surface area contributed by atoms with E-state index in [1.165, 1.54) is 24.3 Å². The number of carbonyl (C=O) groups is 2. The van der Waals surface area contributed by atoms with Gasteiger partial charge in [-0.2, -0.15) is 13.2 Å². The molecule has 0 spiro atoms. The van der Waals surface area contributed by atoms with E-state index in [1.54, 1.807) is 0 Å². The fourth-order valence-corrected chi connectivity index (χ4v) is 2.85. The van der Waals surface area contributed by atoms with E-state index in [9.17, 15) is 22.8 Å². The van der Waals surface area contributed by atoms with Crippen LogP contribution < -0.4 is 10.6 Å². The average molecular weight is 340 g/mol. The van der Waals surface area contributed by atoms with Crippen LogP contribution in [0.3, 0.4) is 0 Å². The van der Waals surface area contributed by atoms with E-state index in [1.807, 2.05) is 0 Å². The summed E-state index contributed by atoms with van der Waals surface area (Å²) in [5.74, 6) is -2.43. The van der Waals surface area contributed by atoms with E-state index in [0.717, 1.165) is 6.08 Å². The van der Waals surface area contributed by atoms with Crippen molar-refractivity contribution < 1.29 is 22.8 Å². The van der Waals surface area contributed by atoms with Gasteiger partial charge in [0, 0.05) is 17.3 Å². The molecule has 0 aliphatic heterocycles. The number of rotatable bonds is 4. The molecular formula is C17H19F3N2O2. The van der Waals surface area contributed by atoms with Crippen LogP contribution in [-0.4, -0.2) is 24.0 Å². The molecule has 0 radical (unpaired) electrons. The van der Waals surface area contributed by atoms with Crippen LogP contribution in [0.4, 0.5) is 18.9 Å². The summed E-state index contributed by atoms with van der Waals surface area (Å²) in [5.41, 5.74) is 0.723. The number of benzene rings is 1. The quantitative estimate of drug-likeness (QED) is 0.822. The first-order valence-electron chi connectivity index (χ1n) is 7.72. The summed E-state index contributed by atoms with van der Waals surface area (Å²) in [5, 5.41) is 5.03. The lowest BCUT2D eigenvalue weighted by molar-refractivity contribution is -0.187. The largest absolute Gasteiger partial charge is 0.393 e. The summed E-state index contributed by atoms with van der Waals surface area (Å²) in [6.45, 7) is 3.33. The summed E-state index contributed by atoms with van der Waals surface area (Å²) in [7, 11) is 0. The van der Waals surface area contributed by atoms with Gasteiger partial charge in [0.05, 0.1) is 5.92 Å². The molecule has 2 N–H and O–H groups in total. The summed E-state index contributed by atoms with van der Waals surface area (Å²) < 4.78 is 39.2. The predicted molar refractivity (Wildman–Crippen MR) is 84.5 cm³/mol. The Bertz CT molecular complexity index is 611. The second kappa shape index (κ2) is 7.51. The van der Waals surface area contributed by atoms with Gasteiger partial charge in [-0.15, -0.1) is 0 Å². The van der Waals surface area contributed by atoms with Gasteiger partial charge in [-0.25, -0.2) is 0 Å². The van der Waals surface area contributed by atoms with Crippen molar-refractivity contribution in [2.24, 2.45) is 5.92 Å². The van der Waals surface area contributed by atoms with E-state index in [2.05, 4.69) is 17.2 Å². The Morgan fingerprint density at radius 3 is 2.33 bits per heavy atom. The number of amides is 2. The predicted octanol–water partition coefficient (Wildman–Crippen LogP) is 3.66. The first-order chi connectivity index (χ1) is 11.3. The first kappa shape index (κ1) is 18.0. The van der Waals surface area contributed by atoms with Crippen molar-refractivity contribution >= 4 is 17.5 Å². The number of hydrogen-bond acceptors (Lipinski definition) is 2. The van der Waals surface area contributed by atoms with Crippen molar-refractivity contribution in [1.29, 1.82) is 0 Å². The number of carbonyl (C=O) groups excluding carboxylic acids is 2. The molecule has 0 bridgehead atoms. The van der Waals surface area contributed by atoms with Crippen LogP contribution in [0, 0.1) is 5.92 Å². The average Bonchev–Trinajstić information content (AvgIpc) is 2.55. The molecule has 0 saturated heterocycles. The zero-order valence-electron chi connectivity index (χ0n) is 13.0. The first-order valence-corrected chi connectivity index (χ1v) is 7.72. The highest BCUT2D eigenvalue weighted by Gasteiger charge is 2.45. The zero-order chi connectivity index (χ0) is 17.7. The lowest BCUT2D eigenvalue weighted by Gasteiger charge is -2.33. The molecular weight excluding hydrogens is 321 g/mol. The molecule has 1 aliphatic rings. The molecule has 7 heteroatoms. The van der Waals surface area contributed by atoms with Gasteiger partial charge in [-0.1, -0.05) is 19.4 Å². The van der Waals surface area contributed by atoms with Gasteiger partial charge >= 0.3 is 6.18 Å². The van der Waals surface area contributed by atoms with Crippen LogP contribution in [0.15, 0.2) is 36.9 Å². The molecule has 0 aromatic heterocycles. The minimum atomic E-state index is -4.31. The SMILES string of the molecule is C=CC(=O)Nc1ccc(C(=O)N[C@H]2CCCC[C@H]2C(F)(F)F)cc1. The van der Waals surface area contributed by atoms with Gasteiger partial charge in [0.1, 0.15) is 0 Å². The monoisotopic (exact) mass is 340 g/mol. The van der Waals surface area contributed by atoms with Gasteiger partial charge in [-0.05, 0) is 43.2 Å². The highest BCUT2D eigenvalue weighted by molar-refractivity contribution is 5.99. The van der Waals surface area contributed by atoms with Gasteiger partial charge in [-0.3, -0.25) is 9.59 Å².